The number of ketones is 1. The van der Waals surface area contributed by atoms with E-state index in [-0.39, 0.29) is 17.3 Å². The summed E-state index contributed by atoms with van der Waals surface area (Å²) >= 11 is 0. The van der Waals surface area contributed by atoms with Crippen molar-refractivity contribution in [2.24, 2.45) is 5.92 Å². The van der Waals surface area contributed by atoms with Gasteiger partial charge in [0, 0.05) is 12.8 Å². The third-order valence-corrected chi connectivity index (χ3v) is 3.04. The first-order valence-corrected chi connectivity index (χ1v) is 6.16. The Bertz CT molecular complexity index is 314. The van der Waals surface area contributed by atoms with Gasteiger partial charge in [0.15, 0.2) is 0 Å². The average Bonchev–Trinajstić information content (AvgIpc) is 2.56. The molecule has 17 heavy (non-hydrogen) atoms. The first-order valence-electron chi connectivity index (χ1n) is 6.16. The van der Waals surface area contributed by atoms with E-state index in [1.165, 1.54) is 0 Å². The van der Waals surface area contributed by atoms with E-state index in [9.17, 15) is 14.4 Å². The Morgan fingerprint density at radius 3 is 2.47 bits per heavy atom. The van der Waals surface area contributed by atoms with E-state index in [4.69, 9.17) is 5.21 Å². The maximum atomic E-state index is 11.7. The topological polar surface area (TPSA) is 74.7 Å². The van der Waals surface area contributed by atoms with Crippen LogP contribution >= 0.6 is 0 Å². The first kappa shape index (κ1) is 13.8. The van der Waals surface area contributed by atoms with Gasteiger partial charge >= 0.3 is 0 Å². The lowest BCUT2D eigenvalue weighted by atomic mass is 9.97. The molecule has 2 amide bonds. The van der Waals surface area contributed by atoms with Gasteiger partial charge in [-0.1, -0.05) is 32.6 Å². The molecule has 0 aliphatic carbocycles. The maximum absolute atomic E-state index is 11.7. The van der Waals surface area contributed by atoms with Crippen molar-refractivity contribution < 1.29 is 19.6 Å². The SMILES string of the molecule is CCCCCCCC(=O)C1CC(=O)N(O)C1=O. The molecule has 1 fully saturated rings. The minimum atomic E-state index is -0.946. The Balaban J connectivity index is 2.29. The monoisotopic (exact) mass is 241 g/mol. The first-order chi connectivity index (χ1) is 8.07. The number of hydrogen-bond acceptors (Lipinski definition) is 4. The lowest BCUT2D eigenvalue weighted by molar-refractivity contribution is -0.172. The highest BCUT2D eigenvalue weighted by molar-refractivity contribution is 6.13. The van der Waals surface area contributed by atoms with Crippen molar-refractivity contribution >= 4 is 17.6 Å². The Kier molecular flexibility index (Phi) is 5.28. The molecule has 0 bridgehead atoms. The minimum absolute atomic E-state index is 0.0691. The van der Waals surface area contributed by atoms with Crippen LogP contribution in [0.3, 0.4) is 0 Å². The van der Waals surface area contributed by atoms with Crippen molar-refractivity contribution in [1.82, 2.24) is 5.06 Å². The summed E-state index contributed by atoms with van der Waals surface area (Å²) in [5.41, 5.74) is 0. The molecule has 1 N–H and O–H groups in total. The summed E-state index contributed by atoms with van der Waals surface area (Å²) < 4.78 is 0. The fraction of sp³-hybridized carbons (Fsp3) is 0.750. The van der Waals surface area contributed by atoms with Crippen LogP contribution in [0.5, 0.6) is 0 Å². The molecule has 5 heteroatoms. The average molecular weight is 241 g/mol. The maximum Gasteiger partial charge on any atom is 0.264 e. The predicted molar refractivity (Wildman–Crippen MR) is 60.1 cm³/mol. The number of hydrogen-bond donors (Lipinski definition) is 1. The molecule has 1 saturated heterocycles. The number of rotatable bonds is 7. The highest BCUT2D eigenvalue weighted by atomic mass is 16.5. The molecule has 1 aliphatic rings. The molecule has 0 spiro atoms. The molecule has 1 heterocycles. The van der Waals surface area contributed by atoms with E-state index >= 15 is 0 Å². The molecular formula is C12H19NO4. The number of carbonyl (C=O) groups excluding carboxylic acids is 3. The summed E-state index contributed by atoms with van der Waals surface area (Å²) in [6, 6.07) is 0. The van der Waals surface area contributed by atoms with Crippen LogP contribution in [0.2, 0.25) is 0 Å². The fourth-order valence-electron chi connectivity index (χ4n) is 1.95. The second-order valence-electron chi connectivity index (χ2n) is 4.43. The molecule has 1 unspecified atom stereocenters. The zero-order valence-corrected chi connectivity index (χ0v) is 10.1. The summed E-state index contributed by atoms with van der Waals surface area (Å²) in [5.74, 6) is -2.62. The van der Waals surface area contributed by atoms with Crippen molar-refractivity contribution in [3.8, 4) is 0 Å². The van der Waals surface area contributed by atoms with Crippen LogP contribution in [0, 0.1) is 5.92 Å². The van der Waals surface area contributed by atoms with Crippen molar-refractivity contribution in [1.29, 1.82) is 0 Å². The van der Waals surface area contributed by atoms with Crippen LogP contribution < -0.4 is 0 Å². The normalized spacial score (nSPS) is 20.1. The Hall–Kier alpha value is -1.23. The van der Waals surface area contributed by atoms with Gasteiger partial charge in [-0.25, -0.2) is 0 Å². The van der Waals surface area contributed by atoms with Crippen LogP contribution in [0.1, 0.15) is 51.9 Å². The van der Waals surface area contributed by atoms with Gasteiger partial charge in [-0.05, 0) is 6.42 Å². The number of Topliss-reactive ketones (excluding diaryl/α,β-unsaturated/α-hetero) is 1. The second kappa shape index (κ2) is 6.49. The van der Waals surface area contributed by atoms with Gasteiger partial charge in [-0.15, -0.1) is 0 Å². The van der Waals surface area contributed by atoms with E-state index in [0.717, 1.165) is 32.1 Å². The van der Waals surface area contributed by atoms with Gasteiger partial charge in [0.1, 0.15) is 11.7 Å². The van der Waals surface area contributed by atoms with Crippen molar-refractivity contribution in [2.75, 3.05) is 0 Å². The molecular weight excluding hydrogens is 222 g/mol. The standard InChI is InChI=1S/C12H19NO4/c1-2-3-4-5-6-7-10(14)9-8-11(15)13(17)12(9)16/h9,17H,2-8H2,1H3. The summed E-state index contributed by atoms with van der Waals surface area (Å²) in [6.45, 7) is 2.11. The molecule has 0 saturated carbocycles. The van der Waals surface area contributed by atoms with Crippen LogP contribution in [-0.4, -0.2) is 27.9 Å². The Morgan fingerprint density at radius 1 is 1.29 bits per heavy atom. The molecule has 0 aromatic heterocycles. The molecule has 1 aliphatic heterocycles. The van der Waals surface area contributed by atoms with Gasteiger partial charge in [0.05, 0.1) is 0 Å². The van der Waals surface area contributed by atoms with Crippen LogP contribution in [0.25, 0.3) is 0 Å². The molecule has 0 radical (unpaired) electrons. The zero-order valence-electron chi connectivity index (χ0n) is 10.1. The third-order valence-electron chi connectivity index (χ3n) is 3.04. The minimum Gasteiger partial charge on any atom is -0.299 e. The Morgan fingerprint density at radius 2 is 1.94 bits per heavy atom. The van der Waals surface area contributed by atoms with E-state index in [1.54, 1.807) is 0 Å². The Labute approximate surface area is 101 Å². The van der Waals surface area contributed by atoms with Crippen LogP contribution in [-0.2, 0) is 14.4 Å². The number of unbranched alkanes of at least 4 members (excludes halogenated alkanes) is 4. The number of nitrogens with zero attached hydrogens (tertiary/aromatic N) is 1. The smallest absolute Gasteiger partial charge is 0.264 e. The van der Waals surface area contributed by atoms with Crippen LogP contribution in [0.4, 0.5) is 0 Å². The second-order valence-corrected chi connectivity index (χ2v) is 4.43. The van der Waals surface area contributed by atoms with E-state index in [0.29, 0.717) is 6.42 Å². The molecule has 96 valence electrons. The molecule has 1 atom stereocenters. The molecule has 0 aromatic carbocycles. The van der Waals surface area contributed by atoms with Crippen molar-refractivity contribution in [2.45, 2.75) is 51.9 Å². The summed E-state index contributed by atoms with van der Waals surface area (Å²) in [6.07, 6.45) is 5.25. The highest BCUT2D eigenvalue weighted by Crippen LogP contribution is 2.21. The van der Waals surface area contributed by atoms with Gasteiger partial charge < -0.3 is 0 Å². The summed E-state index contributed by atoms with van der Waals surface area (Å²) in [7, 11) is 0. The summed E-state index contributed by atoms with van der Waals surface area (Å²) in [5, 5.41) is 9.08. The molecule has 1 rings (SSSR count). The van der Waals surface area contributed by atoms with Gasteiger partial charge in [0.25, 0.3) is 11.8 Å². The van der Waals surface area contributed by atoms with E-state index < -0.39 is 17.7 Å². The summed E-state index contributed by atoms with van der Waals surface area (Å²) in [4.78, 5) is 34.0. The zero-order chi connectivity index (χ0) is 12.8. The third kappa shape index (κ3) is 3.63. The quantitative estimate of drug-likeness (QED) is 0.318. The molecule has 5 nitrogen and oxygen atoms in total. The van der Waals surface area contributed by atoms with Crippen LogP contribution in [0.15, 0.2) is 0 Å². The lowest BCUT2D eigenvalue weighted by Crippen LogP contribution is -2.29. The number of amides is 2. The largest absolute Gasteiger partial charge is 0.299 e. The number of hydroxylamine groups is 2. The lowest BCUT2D eigenvalue weighted by Gasteiger charge is -2.06. The van der Waals surface area contributed by atoms with Crippen molar-refractivity contribution in [3.05, 3.63) is 0 Å². The predicted octanol–water partition coefficient (Wildman–Crippen LogP) is 1.68. The van der Waals surface area contributed by atoms with E-state index in [1.807, 2.05) is 0 Å². The number of carbonyl (C=O) groups is 3. The molecule has 0 aromatic rings. The van der Waals surface area contributed by atoms with Gasteiger partial charge in [-0.2, -0.15) is 5.06 Å². The van der Waals surface area contributed by atoms with Gasteiger partial charge in [0.2, 0.25) is 0 Å². The highest BCUT2D eigenvalue weighted by Gasteiger charge is 2.41. The van der Waals surface area contributed by atoms with E-state index in [2.05, 4.69) is 6.92 Å². The fourth-order valence-corrected chi connectivity index (χ4v) is 1.95. The van der Waals surface area contributed by atoms with Crippen molar-refractivity contribution in [3.63, 3.8) is 0 Å². The number of imide groups is 1. The van der Waals surface area contributed by atoms with Gasteiger partial charge in [-0.3, -0.25) is 19.6 Å².